The summed E-state index contributed by atoms with van der Waals surface area (Å²) in [5.74, 6) is -0.315. The van der Waals surface area contributed by atoms with Crippen LogP contribution >= 0.6 is 31.9 Å². The number of ether oxygens (including phenoxy) is 1. The minimum atomic E-state index is -0.764. The maximum Gasteiger partial charge on any atom is 0.304 e. The normalized spacial score (nSPS) is 14.5. The van der Waals surface area contributed by atoms with E-state index in [0.717, 1.165) is 5.56 Å². The molecule has 0 fully saturated rings. The van der Waals surface area contributed by atoms with E-state index in [4.69, 9.17) is 4.74 Å². The van der Waals surface area contributed by atoms with Crippen molar-refractivity contribution in [2.75, 3.05) is 5.33 Å². The van der Waals surface area contributed by atoms with Gasteiger partial charge in [0.2, 0.25) is 4.51 Å². The van der Waals surface area contributed by atoms with Crippen molar-refractivity contribution in [1.29, 1.82) is 0 Å². The molecular formula is C10H10Br2O2. The van der Waals surface area contributed by atoms with Crippen LogP contribution in [0.2, 0.25) is 0 Å². The van der Waals surface area contributed by atoms with Gasteiger partial charge in [0, 0.05) is 12.5 Å². The fourth-order valence-electron chi connectivity index (χ4n) is 1.08. The largest absolute Gasteiger partial charge is 0.442 e. The third kappa shape index (κ3) is 2.82. The fraction of sp³-hybridized carbons (Fsp3) is 0.300. The molecule has 0 N–H and O–H groups in total. The van der Waals surface area contributed by atoms with Gasteiger partial charge in [-0.15, -0.1) is 0 Å². The molecule has 76 valence electrons. The average molecular weight is 322 g/mol. The van der Waals surface area contributed by atoms with Crippen LogP contribution in [0.25, 0.3) is 0 Å². The van der Waals surface area contributed by atoms with Gasteiger partial charge < -0.3 is 4.74 Å². The van der Waals surface area contributed by atoms with E-state index in [-0.39, 0.29) is 5.97 Å². The predicted molar refractivity (Wildman–Crippen MR) is 62.6 cm³/mol. The highest BCUT2D eigenvalue weighted by molar-refractivity contribution is 9.12. The van der Waals surface area contributed by atoms with Crippen molar-refractivity contribution >= 4 is 37.8 Å². The molecule has 0 heterocycles. The Hall–Kier alpha value is -0.350. The second kappa shape index (κ2) is 4.94. The highest BCUT2D eigenvalue weighted by Crippen LogP contribution is 2.34. The van der Waals surface area contributed by atoms with Gasteiger partial charge in [0.1, 0.15) is 0 Å². The van der Waals surface area contributed by atoms with Crippen molar-refractivity contribution in [3.05, 3.63) is 35.9 Å². The smallest absolute Gasteiger partial charge is 0.304 e. The lowest BCUT2D eigenvalue weighted by atomic mass is 10.1. The highest BCUT2D eigenvalue weighted by Gasteiger charge is 2.30. The van der Waals surface area contributed by atoms with Crippen LogP contribution in [0.3, 0.4) is 0 Å². The Kier molecular flexibility index (Phi) is 4.13. The second-order valence-corrected chi connectivity index (χ2v) is 4.66. The quantitative estimate of drug-likeness (QED) is 0.631. The van der Waals surface area contributed by atoms with E-state index in [1.807, 2.05) is 30.3 Å². The van der Waals surface area contributed by atoms with Crippen LogP contribution in [-0.2, 0) is 14.0 Å². The Labute approximate surface area is 99.9 Å². The van der Waals surface area contributed by atoms with Gasteiger partial charge in [-0.25, -0.2) is 0 Å². The van der Waals surface area contributed by atoms with Crippen LogP contribution in [0.5, 0.6) is 0 Å². The van der Waals surface area contributed by atoms with E-state index in [1.54, 1.807) is 0 Å². The zero-order chi connectivity index (χ0) is 10.6. The number of hydrogen-bond donors (Lipinski definition) is 0. The summed E-state index contributed by atoms with van der Waals surface area (Å²) in [7, 11) is 0. The van der Waals surface area contributed by atoms with Gasteiger partial charge >= 0.3 is 5.97 Å². The first-order chi connectivity index (χ1) is 6.58. The number of rotatable bonds is 3. The number of esters is 1. The maximum absolute atomic E-state index is 10.9. The summed E-state index contributed by atoms with van der Waals surface area (Å²) < 4.78 is 4.44. The Balaban J connectivity index is 2.95. The molecule has 0 amide bonds. The topological polar surface area (TPSA) is 26.3 Å². The average Bonchev–Trinajstić information content (AvgIpc) is 2.18. The molecule has 0 radical (unpaired) electrons. The van der Waals surface area contributed by atoms with E-state index in [2.05, 4.69) is 31.9 Å². The summed E-state index contributed by atoms with van der Waals surface area (Å²) in [5, 5.41) is 0.504. The van der Waals surface area contributed by atoms with E-state index in [9.17, 15) is 4.79 Å². The van der Waals surface area contributed by atoms with Crippen molar-refractivity contribution in [1.82, 2.24) is 0 Å². The van der Waals surface area contributed by atoms with E-state index < -0.39 is 4.51 Å². The minimum Gasteiger partial charge on any atom is -0.442 e. The van der Waals surface area contributed by atoms with Crippen LogP contribution in [0.15, 0.2) is 30.3 Å². The molecule has 1 aromatic rings. The molecule has 1 rings (SSSR count). The van der Waals surface area contributed by atoms with Gasteiger partial charge in [0.25, 0.3) is 0 Å². The SMILES string of the molecule is CC(=O)OC(Br)(CBr)c1ccccc1. The molecule has 1 atom stereocenters. The van der Waals surface area contributed by atoms with Crippen molar-refractivity contribution in [3.63, 3.8) is 0 Å². The summed E-state index contributed by atoms with van der Waals surface area (Å²) in [6.07, 6.45) is 0. The minimum absolute atomic E-state index is 0.315. The molecule has 14 heavy (non-hydrogen) atoms. The summed E-state index contributed by atoms with van der Waals surface area (Å²) in [4.78, 5) is 10.9. The molecule has 0 bridgehead atoms. The lowest BCUT2D eigenvalue weighted by Gasteiger charge is -2.25. The monoisotopic (exact) mass is 320 g/mol. The van der Waals surface area contributed by atoms with E-state index >= 15 is 0 Å². The molecule has 1 unspecified atom stereocenters. The lowest BCUT2D eigenvalue weighted by Crippen LogP contribution is -2.26. The van der Waals surface area contributed by atoms with Crippen molar-refractivity contribution in [3.8, 4) is 0 Å². The Bertz CT molecular complexity index is 313. The molecule has 0 aliphatic rings. The highest BCUT2D eigenvalue weighted by atomic mass is 79.9. The van der Waals surface area contributed by atoms with Gasteiger partial charge in [-0.1, -0.05) is 46.3 Å². The standard InChI is InChI=1S/C10H10Br2O2/c1-8(13)14-10(12,7-11)9-5-3-2-4-6-9/h2-6H,7H2,1H3. The van der Waals surface area contributed by atoms with Gasteiger partial charge in [-0.2, -0.15) is 0 Å². The Morgan fingerprint density at radius 3 is 2.43 bits per heavy atom. The first-order valence-electron chi connectivity index (χ1n) is 4.08. The summed E-state index contributed by atoms with van der Waals surface area (Å²) in [6, 6.07) is 9.52. The first kappa shape index (κ1) is 11.7. The van der Waals surface area contributed by atoms with Gasteiger partial charge in [0.05, 0.1) is 5.33 Å². The number of carbonyl (C=O) groups is 1. The fourth-order valence-corrected chi connectivity index (χ4v) is 2.01. The van der Waals surface area contributed by atoms with Crippen LogP contribution in [0.1, 0.15) is 12.5 Å². The third-order valence-electron chi connectivity index (χ3n) is 1.68. The molecule has 0 saturated heterocycles. The zero-order valence-corrected chi connectivity index (χ0v) is 10.8. The molecule has 4 heteroatoms. The molecule has 0 aliphatic carbocycles. The molecule has 0 spiro atoms. The van der Waals surface area contributed by atoms with Crippen LogP contribution in [0.4, 0.5) is 0 Å². The summed E-state index contributed by atoms with van der Waals surface area (Å²) >= 11 is 6.72. The van der Waals surface area contributed by atoms with Gasteiger partial charge in [-0.05, 0) is 15.9 Å². The molecule has 2 nitrogen and oxygen atoms in total. The number of benzene rings is 1. The van der Waals surface area contributed by atoms with Crippen LogP contribution in [-0.4, -0.2) is 11.3 Å². The second-order valence-electron chi connectivity index (χ2n) is 2.82. The van der Waals surface area contributed by atoms with Crippen molar-refractivity contribution in [2.24, 2.45) is 0 Å². The number of hydrogen-bond acceptors (Lipinski definition) is 2. The van der Waals surface area contributed by atoms with Gasteiger partial charge in [-0.3, -0.25) is 4.79 Å². The first-order valence-corrected chi connectivity index (χ1v) is 6.00. The summed E-state index contributed by atoms with van der Waals surface area (Å²) in [5.41, 5.74) is 0.909. The molecule has 1 aromatic carbocycles. The van der Waals surface area contributed by atoms with Crippen molar-refractivity contribution in [2.45, 2.75) is 11.4 Å². The Morgan fingerprint density at radius 1 is 1.43 bits per heavy atom. The molecule has 0 aliphatic heterocycles. The van der Waals surface area contributed by atoms with Crippen LogP contribution in [0, 0.1) is 0 Å². The molecule has 0 saturated carbocycles. The third-order valence-corrected chi connectivity index (χ3v) is 4.12. The van der Waals surface area contributed by atoms with Crippen LogP contribution < -0.4 is 0 Å². The van der Waals surface area contributed by atoms with Crippen molar-refractivity contribution < 1.29 is 9.53 Å². The van der Waals surface area contributed by atoms with E-state index in [0.29, 0.717) is 5.33 Å². The van der Waals surface area contributed by atoms with E-state index in [1.165, 1.54) is 6.92 Å². The number of alkyl halides is 2. The zero-order valence-electron chi connectivity index (χ0n) is 7.67. The Morgan fingerprint density at radius 2 is 2.00 bits per heavy atom. The summed E-state index contributed by atoms with van der Waals surface area (Å²) in [6.45, 7) is 1.39. The number of carbonyl (C=O) groups excluding carboxylic acids is 1. The lowest BCUT2D eigenvalue weighted by molar-refractivity contribution is -0.147. The predicted octanol–water partition coefficient (Wildman–Crippen LogP) is 3.19. The van der Waals surface area contributed by atoms with Gasteiger partial charge in [0.15, 0.2) is 0 Å². The number of halogens is 2. The molecule has 0 aromatic heterocycles. The molecular weight excluding hydrogens is 312 g/mol. The maximum atomic E-state index is 10.9.